The molecule has 2 N–H and O–H groups in total. The Balaban J connectivity index is 1.52. The van der Waals surface area contributed by atoms with Gasteiger partial charge in [0, 0.05) is 25.3 Å². The zero-order valence-corrected chi connectivity index (χ0v) is 14.2. The molecule has 1 atom stereocenters. The lowest BCUT2D eigenvalue weighted by Gasteiger charge is -2.10. The maximum absolute atomic E-state index is 12.0. The van der Waals surface area contributed by atoms with Crippen LogP contribution in [0.4, 0.5) is 0 Å². The highest BCUT2D eigenvalue weighted by Gasteiger charge is 2.15. The van der Waals surface area contributed by atoms with E-state index < -0.39 is 0 Å². The summed E-state index contributed by atoms with van der Waals surface area (Å²) in [6, 6.07) is 7.29. The van der Waals surface area contributed by atoms with Crippen molar-refractivity contribution in [3.63, 3.8) is 0 Å². The molecule has 132 valence electrons. The quantitative estimate of drug-likeness (QED) is 0.670. The fraction of sp³-hybridized carbons (Fsp3) is 0.556. The minimum absolute atomic E-state index is 0.0239. The molecule has 1 aliphatic heterocycles. The van der Waals surface area contributed by atoms with Gasteiger partial charge in [-0.05, 0) is 37.8 Å². The summed E-state index contributed by atoms with van der Waals surface area (Å²) < 4.78 is 11.0. The van der Waals surface area contributed by atoms with Gasteiger partial charge in [0.2, 0.25) is 5.91 Å². The molecule has 24 heavy (non-hydrogen) atoms. The summed E-state index contributed by atoms with van der Waals surface area (Å²) in [5.74, 6) is -0.431. The highest BCUT2D eigenvalue weighted by atomic mass is 16.5. The van der Waals surface area contributed by atoms with Crippen molar-refractivity contribution in [1.82, 2.24) is 10.6 Å². The van der Waals surface area contributed by atoms with Crippen LogP contribution < -0.4 is 10.6 Å². The van der Waals surface area contributed by atoms with Crippen LogP contribution in [-0.2, 0) is 14.3 Å². The number of hydrogen-bond donors (Lipinski definition) is 2. The third kappa shape index (κ3) is 6.29. The number of ether oxygens (including phenoxy) is 2. The minimum Gasteiger partial charge on any atom is -0.379 e. The number of rotatable bonds is 9. The summed E-state index contributed by atoms with van der Waals surface area (Å²) in [6.45, 7) is 4.43. The number of hydrogen-bond acceptors (Lipinski definition) is 4. The van der Waals surface area contributed by atoms with Gasteiger partial charge in [-0.25, -0.2) is 0 Å². The molecule has 6 nitrogen and oxygen atoms in total. The standard InChI is InChI=1S/C18H26N2O4/c1-14-6-2-3-8-16(14)18(22)20-12-17(21)19-9-5-10-23-13-15-7-4-11-24-15/h2-3,6,8,15H,4-5,7,9-13H2,1H3,(H,19,21)(H,20,22). The molecule has 0 radical (unpaired) electrons. The van der Waals surface area contributed by atoms with Crippen LogP contribution in [-0.4, -0.2) is 50.8 Å². The second kappa shape index (κ2) is 10.1. The van der Waals surface area contributed by atoms with E-state index in [1.807, 2.05) is 19.1 Å². The molecule has 0 bridgehead atoms. The van der Waals surface area contributed by atoms with Crippen LogP contribution in [0.25, 0.3) is 0 Å². The fourth-order valence-corrected chi connectivity index (χ4v) is 2.54. The summed E-state index contributed by atoms with van der Waals surface area (Å²) >= 11 is 0. The molecule has 1 unspecified atom stereocenters. The summed E-state index contributed by atoms with van der Waals surface area (Å²) in [5.41, 5.74) is 1.48. The van der Waals surface area contributed by atoms with Gasteiger partial charge in [-0.3, -0.25) is 9.59 Å². The van der Waals surface area contributed by atoms with Crippen molar-refractivity contribution >= 4 is 11.8 Å². The van der Waals surface area contributed by atoms with Crippen LogP contribution in [0.2, 0.25) is 0 Å². The predicted molar refractivity (Wildman–Crippen MR) is 90.9 cm³/mol. The van der Waals surface area contributed by atoms with Crippen molar-refractivity contribution < 1.29 is 19.1 Å². The Labute approximate surface area is 142 Å². The normalized spacial score (nSPS) is 16.8. The average molecular weight is 334 g/mol. The second-order valence-electron chi connectivity index (χ2n) is 5.91. The van der Waals surface area contributed by atoms with Crippen molar-refractivity contribution in [2.45, 2.75) is 32.3 Å². The lowest BCUT2D eigenvalue weighted by Crippen LogP contribution is -2.37. The van der Waals surface area contributed by atoms with Gasteiger partial charge >= 0.3 is 0 Å². The Hall–Kier alpha value is -1.92. The van der Waals surface area contributed by atoms with Crippen LogP contribution in [0.1, 0.15) is 35.2 Å². The number of amides is 2. The van der Waals surface area contributed by atoms with Crippen LogP contribution in [0.3, 0.4) is 0 Å². The zero-order chi connectivity index (χ0) is 17.2. The highest BCUT2D eigenvalue weighted by Crippen LogP contribution is 2.11. The smallest absolute Gasteiger partial charge is 0.251 e. The van der Waals surface area contributed by atoms with Gasteiger partial charge in [0.25, 0.3) is 5.91 Å². The molecule has 2 amide bonds. The largest absolute Gasteiger partial charge is 0.379 e. The SMILES string of the molecule is Cc1ccccc1C(=O)NCC(=O)NCCCOCC1CCCO1. The Morgan fingerprint density at radius 2 is 2.12 bits per heavy atom. The third-order valence-corrected chi connectivity index (χ3v) is 3.91. The first kappa shape index (κ1) is 18.4. The van der Waals surface area contributed by atoms with E-state index in [0.717, 1.165) is 31.4 Å². The van der Waals surface area contributed by atoms with Gasteiger partial charge in [-0.1, -0.05) is 18.2 Å². The van der Waals surface area contributed by atoms with E-state index in [9.17, 15) is 9.59 Å². The lowest BCUT2D eigenvalue weighted by atomic mass is 10.1. The van der Waals surface area contributed by atoms with E-state index in [4.69, 9.17) is 9.47 Å². The molecule has 0 aromatic heterocycles. The van der Waals surface area contributed by atoms with E-state index in [1.54, 1.807) is 12.1 Å². The highest BCUT2D eigenvalue weighted by molar-refractivity contribution is 5.97. The summed E-state index contributed by atoms with van der Waals surface area (Å²) in [6.07, 6.45) is 3.15. The molecule has 2 rings (SSSR count). The first-order chi connectivity index (χ1) is 11.7. The number of carbonyl (C=O) groups is 2. The van der Waals surface area contributed by atoms with Crippen molar-refractivity contribution in [3.8, 4) is 0 Å². The van der Waals surface area contributed by atoms with Gasteiger partial charge in [-0.15, -0.1) is 0 Å². The maximum atomic E-state index is 12.0. The van der Waals surface area contributed by atoms with Crippen molar-refractivity contribution in [3.05, 3.63) is 35.4 Å². The van der Waals surface area contributed by atoms with Crippen molar-refractivity contribution in [2.75, 3.05) is 32.9 Å². The van der Waals surface area contributed by atoms with Gasteiger partial charge in [0.1, 0.15) is 0 Å². The van der Waals surface area contributed by atoms with Crippen molar-refractivity contribution in [1.29, 1.82) is 0 Å². The number of carbonyl (C=O) groups excluding carboxylic acids is 2. The molecule has 0 spiro atoms. The second-order valence-corrected chi connectivity index (χ2v) is 5.91. The molecule has 1 aromatic carbocycles. The number of aryl methyl sites for hydroxylation is 1. The molecule has 0 saturated carbocycles. The number of nitrogens with one attached hydrogen (secondary N) is 2. The Kier molecular flexibility index (Phi) is 7.71. The first-order valence-electron chi connectivity index (χ1n) is 8.46. The fourth-order valence-electron chi connectivity index (χ4n) is 2.54. The van der Waals surface area contributed by atoms with E-state index in [-0.39, 0.29) is 24.5 Å². The summed E-state index contributed by atoms with van der Waals surface area (Å²) in [4.78, 5) is 23.7. The van der Waals surface area contributed by atoms with Gasteiger partial charge in [0.05, 0.1) is 19.3 Å². The molecular weight excluding hydrogens is 308 g/mol. The lowest BCUT2D eigenvalue weighted by molar-refractivity contribution is -0.120. The van der Waals surface area contributed by atoms with Crippen LogP contribution in [0.5, 0.6) is 0 Å². The van der Waals surface area contributed by atoms with E-state index in [2.05, 4.69) is 10.6 Å². The Morgan fingerprint density at radius 1 is 1.29 bits per heavy atom. The first-order valence-corrected chi connectivity index (χ1v) is 8.46. The average Bonchev–Trinajstić information content (AvgIpc) is 3.09. The molecule has 1 heterocycles. The van der Waals surface area contributed by atoms with E-state index >= 15 is 0 Å². The van der Waals surface area contributed by atoms with Crippen LogP contribution in [0, 0.1) is 6.92 Å². The zero-order valence-electron chi connectivity index (χ0n) is 14.2. The molecular formula is C18H26N2O4. The molecule has 0 aliphatic carbocycles. The molecule has 1 aliphatic rings. The number of benzene rings is 1. The third-order valence-electron chi connectivity index (χ3n) is 3.91. The minimum atomic E-state index is -0.233. The maximum Gasteiger partial charge on any atom is 0.251 e. The van der Waals surface area contributed by atoms with E-state index in [1.165, 1.54) is 0 Å². The van der Waals surface area contributed by atoms with Gasteiger partial charge in [-0.2, -0.15) is 0 Å². The van der Waals surface area contributed by atoms with Crippen LogP contribution >= 0.6 is 0 Å². The Bertz CT molecular complexity index is 542. The summed E-state index contributed by atoms with van der Waals surface area (Å²) in [7, 11) is 0. The van der Waals surface area contributed by atoms with Gasteiger partial charge < -0.3 is 20.1 Å². The Morgan fingerprint density at radius 3 is 2.88 bits per heavy atom. The van der Waals surface area contributed by atoms with E-state index in [0.29, 0.717) is 25.3 Å². The molecule has 1 saturated heterocycles. The van der Waals surface area contributed by atoms with Gasteiger partial charge in [0.15, 0.2) is 0 Å². The topological polar surface area (TPSA) is 76.7 Å². The monoisotopic (exact) mass is 334 g/mol. The van der Waals surface area contributed by atoms with Crippen LogP contribution in [0.15, 0.2) is 24.3 Å². The predicted octanol–water partition coefficient (Wildman–Crippen LogP) is 1.43. The summed E-state index contributed by atoms with van der Waals surface area (Å²) in [5, 5.41) is 5.40. The molecule has 1 aromatic rings. The molecule has 1 fully saturated rings. The van der Waals surface area contributed by atoms with Crippen molar-refractivity contribution in [2.24, 2.45) is 0 Å². The molecule has 6 heteroatoms.